The number of halogens is 1. The Bertz CT molecular complexity index is 1110. The Kier molecular flexibility index (Phi) is 5.84. The van der Waals surface area contributed by atoms with E-state index >= 15 is 0 Å². The van der Waals surface area contributed by atoms with Crippen LogP contribution < -0.4 is 14.4 Å². The van der Waals surface area contributed by atoms with E-state index in [0.717, 1.165) is 16.4 Å². The lowest BCUT2D eigenvalue weighted by Crippen LogP contribution is -2.29. The van der Waals surface area contributed by atoms with E-state index in [1.54, 1.807) is 43.5 Å². The molecule has 0 saturated heterocycles. The topological polar surface area (TPSA) is 75.7 Å². The van der Waals surface area contributed by atoms with Gasteiger partial charge in [-0.3, -0.25) is 9.10 Å². The molecule has 0 aliphatic carbocycles. The number of amides is 1. The molecule has 0 spiro atoms. The Labute approximate surface area is 168 Å². The number of para-hydroxylation sites is 1. The Morgan fingerprint density at radius 2 is 1.59 bits per heavy atom. The highest BCUT2D eigenvalue weighted by Gasteiger charge is 2.25. The molecule has 6 nitrogen and oxygen atoms in total. The molecule has 1 N–H and O–H groups in total. The highest BCUT2D eigenvalue weighted by Crippen LogP contribution is 2.27. The molecule has 0 fully saturated rings. The molecule has 3 aromatic carbocycles. The first-order valence-electron chi connectivity index (χ1n) is 8.62. The first kappa shape index (κ1) is 20.3. The minimum Gasteiger partial charge on any atom is -0.497 e. The van der Waals surface area contributed by atoms with Crippen molar-refractivity contribution in [1.29, 1.82) is 0 Å². The second-order valence-electron chi connectivity index (χ2n) is 6.13. The molecule has 1 amide bonds. The van der Waals surface area contributed by atoms with E-state index < -0.39 is 21.7 Å². The fraction of sp³-hybridized carbons (Fsp3) is 0.0952. The third-order valence-corrected chi connectivity index (χ3v) is 6.09. The zero-order valence-electron chi connectivity index (χ0n) is 15.8. The van der Waals surface area contributed by atoms with Gasteiger partial charge < -0.3 is 10.1 Å². The molecule has 150 valence electrons. The van der Waals surface area contributed by atoms with Crippen molar-refractivity contribution >= 4 is 27.3 Å². The van der Waals surface area contributed by atoms with Crippen molar-refractivity contribution < 1.29 is 22.3 Å². The van der Waals surface area contributed by atoms with Crippen molar-refractivity contribution in [1.82, 2.24) is 0 Å². The second-order valence-corrected chi connectivity index (χ2v) is 8.10. The molecule has 0 unspecified atom stereocenters. The minimum absolute atomic E-state index is 0.0771. The number of anilines is 2. The van der Waals surface area contributed by atoms with Crippen LogP contribution in [0.25, 0.3) is 0 Å². The number of nitrogens with zero attached hydrogens (tertiary/aromatic N) is 1. The highest BCUT2D eigenvalue weighted by atomic mass is 32.2. The third kappa shape index (κ3) is 4.38. The molecular weight excluding hydrogens is 395 g/mol. The van der Waals surface area contributed by atoms with E-state index in [0.29, 0.717) is 11.4 Å². The smallest absolute Gasteiger partial charge is 0.264 e. The lowest BCUT2D eigenvalue weighted by molar-refractivity contribution is 0.102. The van der Waals surface area contributed by atoms with Gasteiger partial charge in [0.1, 0.15) is 11.6 Å². The number of hydrogen-bond donors (Lipinski definition) is 1. The molecule has 8 heteroatoms. The molecule has 29 heavy (non-hydrogen) atoms. The zero-order chi connectivity index (χ0) is 21.0. The SMILES string of the molecule is COc1ccc(NC(=O)c2ccccc2N(C)S(=O)(=O)c2ccc(F)cc2)cc1. The van der Waals surface area contributed by atoms with Crippen LogP contribution >= 0.6 is 0 Å². The van der Waals surface area contributed by atoms with Gasteiger partial charge in [0.2, 0.25) is 0 Å². The summed E-state index contributed by atoms with van der Waals surface area (Å²) in [6.07, 6.45) is 0. The van der Waals surface area contributed by atoms with Gasteiger partial charge in [-0.15, -0.1) is 0 Å². The molecule has 0 atom stereocenters. The minimum atomic E-state index is -3.98. The lowest BCUT2D eigenvalue weighted by Gasteiger charge is -2.22. The average Bonchev–Trinajstić information content (AvgIpc) is 2.74. The number of rotatable bonds is 6. The zero-order valence-corrected chi connectivity index (χ0v) is 16.6. The van der Waals surface area contributed by atoms with Crippen LogP contribution in [-0.2, 0) is 10.0 Å². The van der Waals surface area contributed by atoms with E-state index in [4.69, 9.17) is 4.74 Å². The van der Waals surface area contributed by atoms with Crippen LogP contribution in [0.3, 0.4) is 0 Å². The number of ether oxygens (including phenoxy) is 1. The Balaban J connectivity index is 1.91. The fourth-order valence-corrected chi connectivity index (χ4v) is 3.92. The first-order valence-corrected chi connectivity index (χ1v) is 10.1. The number of nitrogens with one attached hydrogen (secondary N) is 1. The van der Waals surface area contributed by atoms with Crippen LogP contribution in [0.1, 0.15) is 10.4 Å². The van der Waals surface area contributed by atoms with Gasteiger partial charge in [-0.1, -0.05) is 12.1 Å². The predicted octanol–water partition coefficient (Wildman–Crippen LogP) is 3.91. The fourth-order valence-electron chi connectivity index (χ4n) is 2.71. The third-order valence-electron chi connectivity index (χ3n) is 4.31. The summed E-state index contributed by atoms with van der Waals surface area (Å²) in [5.74, 6) is -0.355. The maximum Gasteiger partial charge on any atom is 0.264 e. The molecule has 0 heterocycles. The van der Waals surface area contributed by atoms with E-state index in [2.05, 4.69) is 5.32 Å². The summed E-state index contributed by atoms with van der Waals surface area (Å²) in [6.45, 7) is 0. The van der Waals surface area contributed by atoms with Crippen molar-refractivity contribution in [3.8, 4) is 5.75 Å². The van der Waals surface area contributed by atoms with Crippen LogP contribution in [0, 0.1) is 5.82 Å². The summed E-state index contributed by atoms with van der Waals surface area (Å²) in [7, 11) is -1.09. The van der Waals surface area contributed by atoms with Gasteiger partial charge in [-0.05, 0) is 60.7 Å². The van der Waals surface area contributed by atoms with E-state index in [1.807, 2.05) is 0 Å². The number of carbonyl (C=O) groups excluding carboxylic acids is 1. The van der Waals surface area contributed by atoms with Gasteiger partial charge in [0.25, 0.3) is 15.9 Å². The van der Waals surface area contributed by atoms with E-state index in [9.17, 15) is 17.6 Å². The molecule has 0 aliphatic heterocycles. The molecule has 0 aromatic heterocycles. The summed E-state index contributed by atoms with van der Waals surface area (Å²) in [4.78, 5) is 12.7. The largest absolute Gasteiger partial charge is 0.497 e. The number of benzene rings is 3. The number of hydrogen-bond acceptors (Lipinski definition) is 4. The lowest BCUT2D eigenvalue weighted by atomic mass is 10.1. The van der Waals surface area contributed by atoms with Crippen molar-refractivity contribution in [2.24, 2.45) is 0 Å². The molecule has 0 aliphatic rings. The van der Waals surface area contributed by atoms with Crippen LogP contribution in [0.5, 0.6) is 5.75 Å². The number of methoxy groups -OCH3 is 1. The standard InChI is InChI=1S/C21H19FN2O4S/c1-24(29(26,27)18-13-7-15(22)8-14-18)20-6-4-3-5-19(20)21(25)23-16-9-11-17(28-2)12-10-16/h3-14H,1-2H3,(H,23,25). The predicted molar refractivity (Wildman–Crippen MR) is 109 cm³/mol. The van der Waals surface area contributed by atoms with Crippen molar-refractivity contribution in [3.05, 3.63) is 84.2 Å². The van der Waals surface area contributed by atoms with Crippen LogP contribution in [0.4, 0.5) is 15.8 Å². The Hall–Kier alpha value is -3.39. The normalized spacial score (nSPS) is 11.0. The van der Waals surface area contributed by atoms with Crippen LogP contribution in [0.15, 0.2) is 77.7 Å². The Morgan fingerprint density at radius 3 is 2.21 bits per heavy atom. The molecule has 0 saturated carbocycles. The second kappa shape index (κ2) is 8.32. The van der Waals surface area contributed by atoms with Crippen molar-refractivity contribution in [2.45, 2.75) is 4.90 Å². The summed E-state index contributed by atoms with van der Waals surface area (Å²) < 4.78 is 45.1. The molecule has 0 radical (unpaired) electrons. The summed E-state index contributed by atoms with van der Waals surface area (Å²) in [5.41, 5.74) is 0.911. The van der Waals surface area contributed by atoms with Gasteiger partial charge in [0.05, 0.1) is 23.3 Å². The van der Waals surface area contributed by atoms with Crippen LogP contribution in [0.2, 0.25) is 0 Å². The van der Waals surface area contributed by atoms with E-state index in [-0.39, 0.29) is 16.1 Å². The maximum atomic E-state index is 13.2. The highest BCUT2D eigenvalue weighted by molar-refractivity contribution is 7.92. The number of sulfonamides is 1. The average molecular weight is 414 g/mol. The first-order chi connectivity index (χ1) is 13.8. The molecular formula is C21H19FN2O4S. The van der Waals surface area contributed by atoms with E-state index in [1.165, 1.54) is 31.3 Å². The molecule has 3 rings (SSSR count). The van der Waals surface area contributed by atoms with Crippen LogP contribution in [-0.4, -0.2) is 28.5 Å². The van der Waals surface area contributed by atoms with Crippen molar-refractivity contribution in [3.63, 3.8) is 0 Å². The van der Waals surface area contributed by atoms with Crippen molar-refractivity contribution in [2.75, 3.05) is 23.8 Å². The van der Waals surface area contributed by atoms with Gasteiger partial charge >= 0.3 is 0 Å². The van der Waals surface area contributed by atoms with Gasteiger partial charge in [-0.25, -0.2) is 12.8 Å². The quantitative estimate of drug-likeness (QED) is 0.664. The van der Waals surface area contributed by atoms with Gasteiger partial charge in [0.15, 0.2) is 0 Å². The molecule has 3 aromatic rings. The Morgan fingerprint density at radius 1 is 0.966 bits per heavy atom. The monoisotopic (exact) mass is 414 g/mol. The maximum absolute atomic E-state index is 13.2. The summed E-state index contributed by atoms with van der Waals surface area (Å²) >= 11 is 0. The summed E-state index contributed by atoms with van der Waals surface area (Å²) in [5, 5.41) is 2.74. The van der Waals surface area contributed by atoms with Gasteiger partial charge in [0, 0.05) is 12.7 Å². The molecule has 0 bridgehead atoms. The summed E-state index contributed by atoms with van der Waals surface area (Å²) in [6, 6.07) is 17.6. The van der Waals surface area contributed by atoms with Gasteiger partial charge in [-0.2, -0.15) is 0 Å². The number of carbonyl (C=O) groups is 1.